The highest BCUT2D eigenvalue weighted by Gasteiger charge is 2.40. The zero-order valence-corrected chi connectivity index (χ0v) is 28.9. The van der Waals surface area contributed by atoms with E-state index in [-0.39, 0.29) is 25.3 Å². The number of nitrogens with zero attached hydrogens (tertiary/aromatic N) is 1. The number of ether oxygens (including phenoxy) is 1. The standard InChI is InChI=1S/C34H49N5O9/c1-9-27(42)38-28(33(3,4)5)31(44)37-24(18-22-13-15-23(16-14-22)26-12-10-11-17-35-26)19-25(41)20-36-30(43)29(39-32(45)46-8)34(6,7)48-47-21(2)40/h10-17,24-25,28-29,41H,9,18-20H2,1-8H3,(H,36,43)(H,37,44)(H,38,42)(H,39,45). The Morgan fingerprint density at radius 2 is 1.56 bits per heavy atom. The van der Waals surface area contributed by atoms with Gasteiger partial charge in [-0.3, -0.25) is 24.3 Å². The number of amides is 4. The van der Waals surface area contributed by atoms with Gasteiger partial charge in [0.15, 0.2) is 0 Å². The molecule has 0 aliphatic rings. The zero-order chi connectivity index (χ0) is 36.1. The van der Waals surface area contributed by atoms with Gasteiger partial charge in [0, 0.05) is 37.7 Å². The third kappa shape index (κ3) is 12.9. The third-order valence-corrected chi connectivity index (χ3v) is 7.35. The summed E-state index contributed by atoms with van der Waals surface area (Å²) in [5, 5.41) is 21.8. The molecule has 0 saturated carbocycles. The predicted molar refractivity (Wildman–Crippen MR) is 177 cm³/mol. The van der Waals surface area contributed by atoms with Crippen molar-refractivity contribution < 1.29 is 43.6 Å². The monoisotopic (exact) mass is 671 g/mol. The third-order valence-electron chi connectivity index (χ3n) is 7.35. The molecule has 0 fully saturated rings. The molecule has 14 heteroatoms. The van der Waals surface area contributed by atoms with Gasteiger partial charge >= 0.3 is 12.1 Å². The molecular weight excluding hydrogens is 622 g/mol. The quantitative estimate of drug-likeness (QED) is 0.131. The summed E-state index contributed by atoms with van der Waals surface area (Å²) in [4.78, 5) is 76.4. The molecule has 0 aliphatic heterocycles. The van der Waals surface area contributed by atoms with E-state index in [9.17, 15) is 29.1 Å². The molecule has 0 bridgehead atoms. The fraction of sp³-hybridized carbons (Fsp3) is 0.529. The van der Waals surface area contributed by atoms with Crippen molar-refractivity contribution in [1.82, 2.24) is 26.3 Å². The van der Waals surface area contributed by atoms with Crippen molar-refractivity contribution in [3.05, 3.63) is 54.2 Å². The molecule has 4 unspecified atom stereocenters. The summed E-state index contributed by atoms with van der Waals surface area (Å²) in [7, 11) is 1.12. The molecule has 2 rings (SSSR count). The molecule has 1 aromatic heterocycles. The van der Waals surface area contributed by atoms with Gasteiger partial charge in [-0.15, -0.1) is 0 Å². The molecule has 0 aliphatic carbocycles. The number of benzene rings is 1. The molecule has 48 heavy (non-hydrogen) atoms. The van der Waals surface area contributed by atoms with E-state index < -0.39 is 59.1 Å². The first-order chi connectivity index (χ1) is 22.5. The van der Waals surface area contributed by atoms with Crippen molar-refractivity contribution in [2.75, 3.05) is 13.7 Å². The molecular formula is C34H49N5O9. The van der Waals surface area contributed by atoms with Crippen LogP contribution in [0.5, 0.6) is 0 Å². The fourth-order valence-corrected chi connectivity index (χ4v) is 4.72. The summed E-state index contributed by atoms with van der Waals surface area (Å²) in [5.41, 5.74) is 0.444. The second kappa shape index (κ2) is 18.1. The van der Waals surface area contributed by atoms with E-state index in [1.807, 2.05) is 63.2 Å². The Balaban J connectivity index is 2.25. The summed E-state index contributed by atoms with van der Waals surface area (Å²) in [6.45, 7) is 10.9. The lowest BCUT2D eigenvalue weighted by Crippen LogP contribution is -2.59. The molecule has 0 spiro atoms. The number of hydrogen-bond acceptors (Lipinski definition) is 10. The van der Waals surface area contributed by atoms with Crippen LogP contribution in [0, 0.1) is 5.41 Å². The Labute approximate surface area is 281 Å². The molecule has 4 atom stereocenters. The van der Waals surface area contributed by atoms with Crippen LogP contribution >= 0.6 is 0 Å². The van der Waals surface area contributed by atoms with Gasteiger partial charge in [-0.2, -0.15) is 4.89 Å². The summed E-state index contributed by atoms with van der Waals surface area (Å²) in [6, 6.07) is 10.4. The fourth-order valence-electron chi connectivity index (χ4n) is 4.72. The van der Waals surface area contributed by atoms with E-state index >= 15 is 0 Å². The molecule has 5 N–H and O–H groups in total. The van der Waals surface area contributed by atoms with Crippen LogP contribution in [0.25, 0.3) is 11.3 Å². The van der Waals surface area contributed by atoms with Crippen LogP contribution in [0.4, 0.5) is 4.79 Å². The van der Waals surface area contributed by atoms with Crippen molar-refractivity contribution in [3.63, 3.8) is 0 Å². The number of aliphatic hydroxyl groups is 1. The topological polar surface area (TPSA) is 194 Å². The minimum Gasteiger partial charge on any atom is -0.453 e. The maximum atomic E-state index is 13.6. The highest BCUT2D eigenvalue weighted by Crippen LogP contribution is 2.22. The normalized spacial score (nSPS) is 14.0. The smallest absolute Gasteiger partial charge is 0.407 e. The van der Waals surface area contributed by atoms with Crippen LogP contribution in [0.15, 0.2) is 48.7 Å². The molecule has 1 heterocycles. The number of alkyl carbamates (subject to hydrolysis) is 1. The molecule has 0 radical (unpaired) electrons. The Morgan fingerprint density at radius 1 is 0.896 bits per heavy atom. The molecule has 14 nitrogen and oxygen atoms in total. The van der Waals surface area contributed by atoms with Gasteiger partial charge in [-0.05, 0) is 49.8 Å². The van der Waals surface area contributed by atoms with Gasteiger partial charge in [-0.25, -0.2) is 9.59 Å². The van der Waals surface area contributed by atoms with Crippen LogP contribution in [-0.4, -0.2) is 83.4 Å². The van der Waals surface area contributed by atoms with Gasteiger partial charge in [-0.1, -0.05) is 58.0 Å². The Morgan fingerprint density at radius 3 is 2.10 bits per heavy atom. The van der Waals surface area contributed by atoms with Gasteiger partial charge in [0.1, 0.15) is 17.7 Å². The number of rotatable bonds is 16. The first-order valence-electron chi connectivity index (χ1n) is 15.7. The Bertz CT molecular complexity index is 1380. The maximum Gasteiger partial charge on any atom is 0.407 e. The largest absolute Gasteiger partial charge is 0.453 e. The Hall–Kier alpha value is -4.56. The number of hydrogen-bond donors (Lipinski definition) is 5. The molecule has 1 aromatic carbocycles. The van der Waals surface area contributed by atoms with Crippen LogP contribution in [-0.2, 0) is 40.1 Å². The number of carbonyl (C=O) groups excluding carboxylic acids is 5. The van der Waals surface area contributed by atoms with Gasteiger partial charge in [0.25, 0.3) is 0 Å². The van der Waals surface area contributed by atoms with Crippen LogP contribution in [0.2, 0.25) is 0 Å². The number of methoxy groups -OCH3 is 1. The SMILES string of the molecule is CCC(=O)NC(C(=O)NC(Cc1ccc(-c2ccccn2)cc1)CC(O)CNC(=O)C(NC(=O)OC)C(C)(C)OOC(C)=O)C(C)(C)C. The lowest BCUT2D eigenvalue weighted by Gasteiger charge is -2.33. The second-order valence-corrected chi connectivity index (χ2v) is 13.0. The number of carbonyl (C=O) groups is 5. The number of aromatic nitrogens is 1. The first kappa shape index (κ1) is 39.6. The average molecular weight is 672 g/mol. The van der Waals surface area contributed by atoms with E-state index in [2.05, 4.69) is 35.9 Å². The van der Waals surface area contributed by atoms with Gasteiger partial charge in [0.2, 0.25) is 17.7 Å². The lowest BCUT2D eigenvalue weighted by molar-refractivity contribution is -0.326. The van der Waals surface area contributed by atoms with Crippen molar-refractivity contribution in [3.8, 4) is 11.3 Å². The predicted octanol–water partition coefficient (Wildman–Crippen LogP) is 2.58. The van der Waals surface area contributed by atoms with E-state index in [4.69, 9.17) is 4.89 Å². The highest BCUT2D eigenvalue weighted by atomic mass is 17.2. The minimum absolute atomic E-state index is 0.0229. The van der Waals surface area contributed by atoms with Crippen LogP contribution < -0.4 is 21.3 Å². The van der Waals surface area contributed by atoms with Crippen molar-refractivity contribution in [2.45, 2.75) is 97.6 Å². The molecule has 264 valence electrons. The van der Waals surface area contributed by atoms with Crippen molar-refractivity contribution in [2.24, 2.45) is 5.41 Å². The average Bonchev–Trinajstić information content (AvgIpc) is 3.03. The number of pyridine rings is 1. The summed E-state index contributed by atoms with van der Waals surface area (Å²) >= 11 is 0. The summed E-state index contributed by atoms with van der Waals surface area (Å²) in [5.74, 6) is -2.21. The molecule has 0 saturated heterocycles. The first-order valence-corrected chi connectivity index (χ1v) is 15.7. The van der Waals surface area contributed by atoms with E-state index in [1.165, 1.54) is 13.8 Å². The second-order valence-electron chi connectivity index (χ2n) is 13.0. The number of aliphatic hydroxyl groups excluding tert-OH is 1. The van der Waals surface area contributed by atoms with E-state index in [0.717, 1.165) is 30.9 Å². The lowest BCUT2D eigenvalue weighted by atomic mass is 9.85. The maximum absolute atomic E-state index is 13.6. The van der Waals surface area contributed by atoms with E-state index in [0.29, 0.717) is 6.42 Å². The van der Waals surface area contributed by atoms with Gasteiger partial charge in [0.05, 0.1) is 18.9 Å². The van der Waals surface area contributed by atoms with Gasteiger partial charge < -0.3 is 31.1 Å². The van der Waals surface area contributed by atoms with E-state index in [1.54, 1.807) is 13.1 Å². The van der Waals surface area contributed by atoms with Crippen molar-refractivity contribution in [1.29, 1.82) is 0 Å². The molecule has 2 aromatic rings. The summed E-state index contributed by atoms with van der Waals surface area (Å²) in [6.07, 6.45) is 0.179. The zero-order valence-electron chi connectivity index (χ0n) is 28.9. The molecule has 4 amide bonds. The Kier molecular flexibility index (Phi) is 14.9. The van der Waals surface area contributed by atoms with Crippen LogP contribution in [0.1, 0.15) is 66.9 Å². The summed E-state index contributed by atoms with van der Waals surface area (Å²) < 4.78 is 4.62. The van der Waals surface area contributed by atoms with Crippen LogP contribution in [0.3, 0.4) is 0 Å². The van der Waals surface area contributed by atoms with Crippen molar-refractivity contribution >= 4 is 29.8 Å². The number of nitrogens with one attached hydrogen (secondary N) is 4. The minimum atomic E-state index is -1.53. The highest BCUT2D eigenvalue weighted by molar-refractivity contribution is 5.88.